The minimum Gasteiger partial charge on any atom is -0.496 e. The number of nitrogens with one attached hydrogen (secondary N) is 1. The van der Waals surface area contributed by atoms with Gasteiger partial charge in [0.2, 0.25) is 5.91 Å². The third kappa shape index (κ3) is 6.50. The molecule has 0 atom stereocenters. The molecule has 2 heterocycles. The van der Waals surface area contributed by atoms with Gasteiger partial charge in [-0.05, 0) is 17.5 Å². The smallest absolute Gasteiger partial charge is 0.223 e. The zero-order chi connectivity index (χ0) is 18.2. The first-order valence-electron chi connectivity index (χ1n) is 9.11. The van der Waals surface area contributed by atoms with Crippen molar-refractivity contribution >= 4 is 29.7 Å². The molecule has 148 valence electrons. The zero-order valence-corrected chi connectivity index (χ0v) is 17.4. The van der Waals surface area contributed by atoms with Crippen molar-refractivity contribution in [2.24, 2.45) is 0 Å². The van der Waals surface area contributed by atoms with Gasteiger partial charge in [0, 0.05) is 62.7 Å². The average Bonchev–Trinajstić information content (AvgIpc) is 3.20. The highest BCUT2D eigenvalue weighted by Crippen LogP contribution is 2.21. The van der Waals surface area contributed by atoms with E-state index in [1.165, 1.54) is 4.88 Å². The molecular weight excluding hydrogens is 382 g/mol. The van der Waals surface area contributed by atoms with Crippen molar-refractivity contribution in [3.8, 4) is 5.75 Å². The van der Waals surface area contributed by atoms with Gasteiger partial charge in [0.15, 0.2) is 0 Å². The van der Waals surface area contributed by atoms with Crippen LogP contribution in [0.25, 0.3) is 0 Å². The van der Waals surface area contributed by atoms with E-state index in [0.29, 0.717) is 6.42 Å². The third-order valence-corrected chi connectivity index (χ3v) is 5.52. The quantitative estimate of drug-likeness (QED) is 0.728. The van der Waals surface area contributed by atoms with Crippen molar-refractivity contribution in [1.29, 1.82) is 0 Å². The summed E-state index contributed by atoms with van der Waals surface area (Å²) in [6.07, 6.45) is 0.556. The number of nitrogens with zero attached hydrogens (tertiary/aromatic N) is 2. The number of methoxy groups -OCH3 is 1. The van der Waals surface area contributed by atoms with Crippen molar-refractivity contribution < 1.29 is 9.53 Å². The van der Waals surface area contributed by atoms with Gasteiger partial charge in [0.1, 0.15) is 5.75 Å². The highest BCUT2D eigenvalue weighted by atomic mass is 35.5. The highest BCUT2D eigenvalue weighted by molar-refractivity contribution is 7.09. The Morgan fingerprint density at radius 2 is 1.96 bits per heavy atom. The van der Waals surface area contributed by atoms with Crippen LogP contribution in [0.5, 0.6) is 5.75 Å². The second-order valence-corrected chi connectivity index (χ2v) is 7.51. The summed E-state index contributed by atoms with van der Waals surface area (Å²) in [7, 11) is 1.70. The van der Waals surface area contributed by atoms with Gasteiger partial charge >= 0.3 is 0 Å². The summed E-state index contributed by atoms with van der Waals surface area (Å²) in [5, 5.41) is 5.39. The lowest BCUT2D eigenvalue weighted by molar-refractivity contribution is -0.132. The predicted octanol–water partition coefficient (Wildman–Crippen LogP) is 3.00. The van der Waals surface area contributed by atoms with E-state index in [-0.39, 0.29) is 18.3 Å². The third-order valence-electron chi connectivity index (χ3n) is 4.66. The number of hydrogen-bond acceptors (Lipinski definition) is 5. The number of benzene rings is 1. The first-order chi connectivity index (χ1) is 12.8. The fraction of sp³-hybridized carbons (Fsp3) is 0.450. The summed E-state index contributed by atoms with van der Waals surface area (Å²) in [5.41, 5.74) is 1.15. The van der Waals surface area contributed by atoms with E-state index < -0.39 is 0 Å². The summed E-state index contributed by atoms with van der Waals surface area (Å²) in [4.78, 5) is 18.2. The molecule has 1 saturated heterocycles. The van der Waals surface area contributed by atoms with Crippen LogP contribution in [0.2, 0.25) is 0 Å². The number of rotatable bonds is 8. The van der Waals surface area contributed by atoms with E-state index in [0.717, 1.165) is 57.1 Å². The standard InChI is InChI=1S/C20H27N3O2S.ClH/c1-25-19-7-3-2-5-17(19)15-22(16-18-6-4-14-26-18)11-8-20(24)23-12-9-21-10-13-23;/h2-7,14,21H,8-13,15-16H2,1H3;1H. The molecule has 3 rings (SSSR count). The number of ether oxygens (including phenoxy) is 1. The van der Waals surface area contributed by atoms with Crippen molar-refractivity contribution in [2.45, 2.75) is 19.5 Å². The van der Waals surface area contributed by atoms with E-state index in [2.05, 4.69) is 33.8 Å². The Bertz CT molecular complexity index is 690. The normalized spacial score (nSPS) is 14.1. The van der Waals surface area contributed by atoms with Crippen LogP contribution in [-0.4, -0.2) is 55.5 Å². The second-order valence-electron chi connectivity index (χ2n) is 6.48. The molecule has 27 heavy (non-hydrogen) atoms. The minimum absolute atomic E-state index is 0. The molecule has 2 aromatic rings. The Morgan fingerprint density at radius 1 is 1.19 bits per heavy atom. The molecule has 1 N–H and O–H groups in total. The molecule has 7 heteroatoms. The average molecular weight is 410 g/mol. The van der Waals surface area contributed by atoms with Crippen LogP contribution in [0.15, 0.2) is 41.8 Å². The van der Waals surface area contributed by atoms with Gasteiger partial charge in [-0.25, -0.2) is 0 Å². The van der Waals surface area contributed by atoms with Gasteiger partial charge in [0.25, 0.3) is 0 Å². The fourth-order valence-electron chi connectivity index (χ4n) is 3.24. The molecule has 0 bridgehead atoms. The fourth-order valence-corrected chi connectivity index (χ4v) is 3.98. The molecule has 0 aliphatic carbocycles. The predicted molar refractivity (Wildman–Crippen MR) is 113 cm³/mol. The van der Waals surface area contributed by atoms with E-state index in [4.69, 9.17) is 4.74 Å². The highest BCUT2D eigenvalue weighted by Gasteiger charge is 2.18. The molecule has 5 nitrogen and oxygen atoms in total. The van der Waals surface area contributed by atoms with Crippen LogP contribution >= 0.6 is 23.7 Å². The van der Waals surface area contributed by atoms with Crippen LogP contribution in [0.3, 0.4) is 0 Å². The molecule has 1 aromatic carbocycles. The minimum atomic E-state index is 0. The first-order valence-corrected chi connectivity index (χ1v) is 9.99. The topological polar surface area (TPSA) is 44.8 Å². The van der Waals surface area contributed by atoms with Crippen molar-refractivity contribution in [1.82, 2.24) is 15.1 Å². The molecule has 0 saturated carbocycles. The second kappa shape index (κ2) is 11.3. The molecule has 1 amide bonds. The molecule has 1 aliphatic rings. The Hall–Kier alpha value is -1.60. The van der Waals surface area contributed by atoms with Crippen LogP contribution in [0, 0.1) is 0 Å². The van der Waals surface area contributed by atoms with E-state index >= 15 is 0 Å². The molecular formula is C20H28ClN3O2S. The lowest BCUT2D eigenvalue weighted by Crippen LogP contribution is -2.47. The Balaban J connectivity index is 0.00000261. The van der Waals surface area contributed by atoms with E-state index in [9.17, 15) is 4.79 Å². The number of carbonyl (C=O) groups is 1. The first kappa shape index (κ1) is 21.7. The summed E-state index contributed by atoms with van der Waals surface area (Å²) in [6, 6.07) is 12.3. The molecule has 0 unspecified atom stereocenters. The van der Waals surface area contributed by atoms with Crippen molar-refractivity contribution in [3.63, 3.8) is 0 Å². The Kier molecular flexibility index (Phi) is 9.07. The van der Waals surface area contributed by atoms with Gasteiger partial charge in [0.05, 0.1) is 7.11 Å². The van der Waals surface area contributed by atoms with Gasteiger partial charge in [-0.15, -0.1) is 23.7 Å². The largest absolute Gasteiger partial charge is 0.496 e. The van der Waals surface area contributed by atoms with Gasteiger partial charge in [-0.3, -0.25) is 9.69 Å². The number of carbonyl (C=O) groups excluding carboxylic acids is 1. The van der Waals surface area contributed by atoms with Gasteiger partial charge in [-0.1, -0.05) is 24.3 Å². The number of hydrogen-bond donors (Lipinski definition) is 1. The molecule has 1 aliphatic heterocycles. The zero-order valence-electron chi connectivity index (χ0n) is 15.7. The Morgan fingerprint density at radius 3 is 2.67 bits per heavy atom. The monoisotopic (exact) mass is 409 g/mol. The number of piperazine rings is 1. The van der Waals surface area contributed by atoms with Gasteiger partial charge < -0.3 is 15.0 Å². The molecule has 0 spiro atoms. The van der Waals surface area contributed by atoms with Crippen LogP contribution < -0.4 is 10.1 Å². The molecule has 1 fully saturated rings. The lowest BCUT2D eigenvalue weighted by atomic mass is 10.1. The Labute approximate surface area is 171 Å². The van der Waals surface area contributed by atoms with E-state index in [1.54, 1.807) is 18.4 Å². The van der Waals surface area contributed by atoms with Gasteiger partial charge in [-0.2, -0.15) is 0 Å². The maximum absolute atomic E-state index is 12.5. The molecule has 0 radical (unpaired) electrons. The summed E-state index contributed by atoms with van der Waals surface area (Å²) >= 11 is 1.76. The number of para-hydroxylation sites is 1. The van der Waals surface area contributed by atoms with Crippen LogP contribution in [-0.2, 0) is 17.9 Å². The van der Waals surface area contributed by atoms with E-state index in [1.807, 2.05) is 23.1 Å². The lowest BCUT2D eigenvalue weighted by Gasteiger charge is -2.29. The van der Waals surface area contributed by atoms with Crippen molar-refractivity contribution in [3.05, 3.63) is 52.2 Å². The maximum Gasteiger partial charge on any atom is 0.223 e. The number of amides is 1. The van der Waals surface area contributed by atoms with Crippen LogP contribution in [0.4, 0.5) is 0 Å². The maximum atomic E-state index is 12.5. The van der Waals surface area contributed by atoms with Crippen molar-refractivity contribution in [2.75, 3.05) is 39.8 Å². The van der Waals surface area contributed by atoms with Crippen LogP contribution in [0.1, 0.15) is 16.9 Å². The number of halogens is 1. The SMILES string of the molecule is COc1ccccc1CN(CCC(=O)N1CCNCC1)Cc1cccs1.Cl. The number of thiophene rings is 1. The summed E-state index contributed by atoms with van der Waals surface area (Å²) < 4.78 is 5.50. The molecule has 1 aromatic heterocycles. The summed E-state index contributed by atoms with van der Waals surface area (Å²) in [5.74, 6) is 1.15. The summed E-state index contributed by atoms with van der Waals surface area (Å²) in [6.45, 7) is 5.80.